The van der Waals surface area contributed by atoms with Gasteiger partial charge in [-0.3, -0.25) is 9.59 Å². The SMILES string of the molecule is CCOC(=O)/C(=C/N(C)C=O)C(=O)N(C)c1ccc(F)cc1. The van der Waals surface area contributed by atoms with Gasteiger partial charge < -0.3 is 14.5 Å². The highest BCUT2D eigenvalue weighted by Crippen LogP contribution is 2.16. The lowest BCUT2D eigenvalue weighted by atomic mass is 10.2. The number of likely N-dealkylation sites (N-methyl/N-ethyl adjacent to an activating group) is 1. The van der Waals surface area contributed by atoms with E-state index in [2.05, 4.69) is 0 Å². The fourth-order valence-corrected chi connectivity index (χ4v) is 1.60. The second-order valence-corrected chi connectivity index (χ2v) is 4.37. The summed E-state index contributed by atoms with van der Waals surface area (Å²) in [7, 11) is 2.82. The molecule has 0 saturated carbocycles. The summed E-state index contributed by atoms with van der Waals surface area (Å²) in [6.07, 6.45) is 1.54. The molecular weight excluding hydrogens is 291 g/mol. The predicted molar refractivity (Wildman–Crippen MR) is 78.4 cm³/mol. The molecule has 118 valence electrons. The van der Waals surface area contributed by atoms with Gasteiger partial charge in [0.1, 0.15) is 11.4 Å². The van der Waals surface area contributed by atoms with Gasteiger partial charge in [0.05, 0.1) is 6.61 Å². The van der Waals surface area contributed by atoms with Crippen LogP contribution in [0.1, 0.15) is 6.92 Å². The van der Waals surface area contributed by atoms with Gasteiger partial charge in [0, 0.05) is 26.0 Å². The molecule has 1 aromatic rings. The molecule has 1 aromatic carbocycles. The van der Waals surface area contributed by atoms with Crippen LogP contribution in [0.5, 0.6) is 0 Å². The summed E-state index contributed by atoms with van der Waals surface area (Å²) >= 11 is 0. The molecule has 0 bridgehead atoms. The van der Waals surface area contributed by atoms with Gasteiger partial charge in [0.15, 0.2) is 0 Å². The van der Waals surface area contributed by atoms with Crippen LogP contribution in [-0.2, 0) is 19.1 Å². The number of hydrogen-bond donors (Lipinski definition) is 0. The monoisotopic (exact) mass is 308 g/mol. The molecule has 0 N–H and O–H groups in total. The summed E-state index contributed by atoms with van der Waals surface area (Å²) < 4.78 is 17.7. The standard InChI is InChI=1S/C15H17FN2O4/c1-4-22-15(21)13(9-17(2)10-19)14(20)18(3)12-7-5-11(16)6-8-12/h5-10H,4H2,1-3H3/b13-9+. The quantitative estimate of drug-likeness (QED) is 0.261. The van der Waals surface area contributed by atoms with Gasteiger partial charge in [-0.05, 0) is 31.2 Å². The van der Waals surface area contributed by atoms with E-state index in [1.807, 2.05) is 0 Å². The number of amides is 2. The lowest BCUT2D eigenvalue weighted by Gasteiger charge is -2.19. The van der Waals surface area contributed by atoms with Crippen molar-refractivity contribution in [1.29, 1.82) is 0 Å². The van der Waals surface area contributed by atoms with E-state index >= 15 is 0 Å². The van der Waals surface area contributed by atoms with Crippen LogP contribution in [0.4, 0.5) is 10.1 Å². The first-order chi connectivity index (χ1) is 10.4. The van der Waals surface area contributed by atoms with Crippen molar-refractivity contribution in [1.82, 2.24) is 4.90 Å². The van der Waals surface area contributed by atoms with Gasteiger partial charge in [0.2, 0.25) is 6.41 Å². The highest BCUT2D eigenvalue weighted by atomic mass is 19.1. The summed E-state index contributed by atoms with van der Waals surface area (Å²) in [5.74, 6) is -1.94. The van der Waals surface area contributed by atoms with Crippen LogP contribution in [0, 0.1) is 5.82 Å². The molecule has 1 rings (SSSR count). The normalized spacial score (nSPS) is 10.8. The summed E-state index contributed by atoms with van der Waals surface area (Å²) in [6.45, 7) is 1.70. The Labute approximate surface area is 127 Å². The maximum absolute atomic E-state index is 12.9. The van der Waals surface area contributed by atoms with Crippen LogP contribution in [0.25, 0.3) is 0 Å². The van der Waals surface area contributed by atoms with Crippen LogP contribution >= 0.6 is 0 Å². The first-order valence-corrected chi connectivity index (χ1v) is 6.50. The van der Waals surface area contributed by atoms with Crippen molar-refractivity contribution in [2.24, 2.45) is 0 Å². The van der Waals surface area contributed by atoms with E-state index in [1.54, 1.807) is 6.92 Å². The zero-order chi connectivity index (χ0) is 16.7. The Bertz CT molecular complexity index is 584. The Morgan fingerprint density at radius 1 is 1.23 bits per heavy atom. The average Bonchev–Trinajstić information content (AvgIpc) is 2.51. The summed E-state index contributed by atoms with van der Waals surface area (Å²) in [4.78, 5) is 37.2. The number of hydrogen-bond acceptors (Lipinski definition) is 4. The Morgan fingerprint density at radius 3 is 2.32 bits per heavy atom. The lowest BCUT2D eigenvalue weighted by molar-refractivity contribution is -0.140. The molecule has 0 saturated heterocycles. The molecule has 0 spiro atoms. The molecule has 0 radical (unpaired) electrons. The molecule has 6 nitrogen and oxygen atoms in total. The number of benzene rings is 1. The van der Waals surface area contributed by atoms with Crippen molar-refractivity contribution in [3.05, 3.63) is 41.9 Å². The molecule has 0 heterocycles. The molecule has 7 heteroatoms. The van der Waals surface area contributed by atoms with Crippen molar-refractivity contribution in [2.75, 3.05) is 25.6 Å². The average molecular weight is 308 g/mol. The number of rotatable bonds is 6. The van der Waals surface area contributed by atoms with Crippen molar-refractivity contribution >= 4 is 24.0 Å². The topological polar surface area (TPSA) is 66.9 Å². The minimum atomic E-state index is -0.838. The third kappa shape index (κ3) is 4.41. The number of anilines is 1. The van der Waals surface area contributed by atoms with E-state index in [9.17, 15) is 18.8 Å². The fraction of sp³-hybridized carbons (Fsp3) is 0.267. The highest BCUT2D eigenvalue weighted by Gasteiger charge is 2.24. The van der Waals surface area contributed by atoms with Crippen LogP contribution in [0.15, 0.2) is 36.0 Å². The Morgan fingerprint density at radius 2 is 1.82 bits per heavy atom. The second-order valence-electron chi connectivity index (χ2n) is 4.37. The number of carbonyl (C=O) groups excluding carboxylic acids is 3. The second kappa shape index (κ2) is 7.92. The van der Waals surface area contributed by atoms with E-state index in [0.29, 0.717) is 12.1 Å². The van der Waals surface area contributed by atoms with Gasteiger partial charge in [-0.15, -0.1) is 0 Å². The molecular formula is C15H17FN2O4. The summed E-state index contributed by atoms with van der Waals surface area (Å²) in [5.41, 5.74) is 0.0960. The van der Waals surface area contributed by atoms with Gasteiger partial charge in [0.25, 0.3) is 5.91 Å². The molecule has 0 fully saturated rings. The number of ether oxygens (including phenoxy) is 1. The van der Waals surface area contributed by atoms with E-state index in [-0.39, 0.29) is 12.2 Å². The number of esters is 1. The van der Waals surface area contributed by atoms with Gasteiger partial charge >= 0.3 is 5.97 Å². The van der Waals surface area contributed by atoms with Crippen molar-refractivity contribution in [3.63, 3.8) is 0 Å². The van der Waals surface area contributed by atoms with Gasteiger partial charge in [-0.2, -0.15) is 0 Å². The van der Waals surface area contributed by atoms with Crippen molar-refractivity contribution < 1.29 is 23.5 Å². The van der Waals surface area contributed by atoms with E-state index in [1.165, 1.54) is 43.3 Å². The van der Waals surface area contributed by atoms with E-state index in [0.717, 1.165) is 11.1 Å². The van der Waals surface area contributed by atoms with Gasteiger partial charge in [-0.1, -0.05) is 0 Å². The lowest BCUT2D eigenvalue weighted by Crippen LogP contribution is -2.32. The third-order valence-corrected chi connectivity index (χ3v) is 2.74. The minimum Gasteiger partial charge on any atom is -0.462 e. The zero-order valence-corrected chi connectivity index (χ0v) is 12.6. The zero-order valence-electron chi connectivity index (χ0n) is 12.6. The first-order valence-electron chi connectivity index (χ1n) is 6.50. The molecule has 0 aliphatic rings. The van der Waals surface area contributed by atoms with Crippen LogP contribution in [-0.4, -0.2) is 43.9 Å². The van der Waals surface area contributed by atoms with Crippen LogP contribution in [0.2, 0.25) is 0 Å². The number of nitrogens with zero attached hydrogens (tertiary/aromatic N) is 2. The molecule has 2 amide bonds. The van der Waals surface area contributed by atoms with Crippen LogP contribution < -0.4 is 4.90 Å². The molecule has 0 aliphatic carbocycles. The Hall–Kier alpha value is -2.70. The molecule has 22 heavy (non-hydrogen) atoms. The third-order valence-electron chi connectivity index (χ3n) is 2.74. The van der Waals surface area contributed by atoms with Gasteiger partial charge in [-0.25, -0.2) is 9.18 Å². The predicted octanol–water partition coefficient (Wildman–Crippen LogP) is 1.32. The minimum absolute atomic E-state index is 0.0918. The maximum atomic E-state index is 12.9. The van der Waals surface area contributed by atoms with E-state index < -0.39 is 17.7 Å². The highest BCUT2D eigenvalue weighted by molar-refractivity contribution is 6.21. The maximum Gasteiger partial charge on any atom is 0.345 e. The van der Waals surface area contributed by atoms with Crippen LogP contribution in [0.3, 0.4) is 0 Å². The Balaban J connectivity index is 3.10. The smallest absolute Gasteiger partial charge is 0.345 e. The Kier molecular flexibility index (Phi) is 6.25. The molecule has 0 unspecified atom stereocenters. The fourth-order valence-electron chi connectivity index (χ4n) is 1.60. The van der Waals surface area contributed by atoms with E-state index in [4.69, 9.17) is 4.74 Å². The largest absolute Gasteiger partial charge is 0.462 e. The molecule has 0 aliphatic heterocycles. The number of halogens is 1. The number of carbonyl (C=O) groups is 3. The summed E-state index contributed by atoms with van der Waals surface area (Å²) in [6, 6.07) is 5.20. The van der Waals surface area contributed by atoms with Crippen molar-refractivity contribution in [2.45, 2.75) is 6.92 Å². The molecule has 0 aromatic heterocycles. The summed E-state index contributed by atoms with van der Waals surface area (Å²) in [5, 5.41) is 0. The first kappa shape index (κ1) is 17.4. The molecule has 0 atom stereocenters. The van der Waals surface area contributed by atoms with Crippen molar-refractivity contribution in [3.8, 4) is 0 Å².